The van der Waals surface area contributed by atoms with Gasteiger partial charge in [-0.15, -0.1) is 5.10 Å². The number of hydrogen-bond donors (Lipinski definition) is 2. The van der Waals surface area contributed by atoms with Gasteiger partial charge >= 0.3 is 0 Å². The third-order valence-corrected chi connectivity index (χ3v) is 5.75. The molecule has 1 atom stereocenters. The van der Waals surface area contributed by atoms with Gasteiger partial charge in [0.2, 0.25) is 11.8 Å². The van der Waals surface area contributed by atoms with E-state index in [2.05, 4.69) is 34.5 Å². The Morgan fingerprint density at radius 2 is 1.88 bits per heavy atom. The van der Waals surface area contributed by atoms with Crippen LogP contribution in [0.15, 0.2) is 72.1 Å². The van der Waals surface area contributed by atoms with Crippen LogP contribution < -0.4 is 19.9 Å². The monoisotopic (exact) mass is 424 g/mol. The number of nitriles is 1. The van der Waals surface area contributed by atoms with E-state index in [-0.39, 0.29) is 5.88 Å². The third kappa shape index (κ3) is 2.93. The highest BCUT2D eigenvalue weighted by molar-refractivity contribution is 5.97. The molecular formula is C25H20N4O3. The van der Waals surface area contributed by atoms with E-state index in [1.165, 1.54) is 0 Å². The number of nitrogens with two attached hydrogens (primary N) is 1. The van der Waals surface area contributed by atoms with Crippen molar-refractivity contribution in [3.8, 4) is 34.7 Å². The van der Waals surface area contributed by atoms with Crippen LogP contribution >= 0.6 is 0 Å². The van der Waals surface area contributed by atoms with Gasteiger partial charge < -0.3 is 19.9 Å². The summed E-state index contributed by atoms with van der Waals surface area (Å²) in [6, 6.07) is 21.9. The zero-order valence-electron chi connectivity index (χ0n) is 17.5. The molecule has 0 unspecified atom stereocenters. The van der Waals surface area contributed by atoms with E-state index in [0.717, 1.165) is 33.2 Å². The molecule has 7 heteroatoms. The molecule has 0 saturated carbocycles. The van der Waals surface area contributed by atoms with Crippen molar-refractivity contribution >= 4 is 10.8 Å². The number of fused-ring (bicyclic) bond motifs is 2. The van der Waals surface area contributed by atoms with E-state index in [1.807, 2.05) is 36.4 Å². The van der Waals surface area contributed by atoms with Crippen LogP contribution in [0.1, 0.15) is 17.0 Å². The maximum atomic E-state index is 9.99. The second-order valence-electron chi connectivity index (χ2n) is 7.38. The third-order valence-electron chi connectivity index (χ3n) is 5.75. The number of ether oxygens (including phenoxy) is 3. The quantitative estimate of drug-likeness (QED) is 0.501. The van der Waals surface area contributed by atoms with Gasteiger partial charge in [-0.25, -0.2) is 0 Å². The molecule has 1 aliphatic heterocycles. The molecule has 0 aliphatic carbocycles. The van der Waals surface area contributed by atoms with Crippen LogP contribution in [0.5, 0.6) is 17.4 Å². The average Bonchev–Trinajstić information content (AvgIpc) is 3.25. The molecule has 0 fully saturated rings. The van der Waals surface area contributed by atoms with E-state index in [9.17, 15) is 5.26 Å². The van der Waals surface area contributed by atoms with Crippen molar-refractivity contribution in [1.29, 1.82) is 5.26 Å². The molecule has 0 amide bonds. The Labute approximate surface area is 184 Å². The molecule has 32 heavy (non-hydrogen) atoms. The predicted octanol–water partition coefficient (Wildman–Crippen LogP) is 4.47. The fourth-order valence-corrected chi connectivity index (χ4v) is 4.26. The molecule has 4 aromatic rings. The second-order valence-corrected chi connectivity index (χ2v) is 7.38. The number of benzene rings is 3. The first-order chi connectivity index (χ1) is 15.7. The second kappa shape index (κ2) is 7.67. The Morgan fingerprint density at radius 1 is 1.06 bits per heavy atom. The predicted molar refractivity (Wildman–Crippen MR) is 120 cm³/mol. The first kappa shape index (κ1) is 19.5. The maximum absolute atomic E-state index is 9.99. The largest absolute Gasteiger partial charge is 0.497 e. The van der Waals surface area contributed by atoms with Gasteiger partial charge in [-0.3, -0.25) is 5.10 Å². The van der Waals surface area contributed by atoms with Gasteiger partial charge in [-0.2, -0.15) is 5.26 Å². The summed E-state index contributed by atoms with van der Waals surface area (Å²) in [6.07, 6.45) is 0. The summed E-state index contributed by atoms with van der Waals surface area (Å²) in [6.45, 7) is 0. The SMILES string of the molecule is COc1ccc([C@H]2C(C#N)=C(N)Oc3n[nH]c(-c4cccc5ccccc45)c32)c(OC)c1. The Kier molecular flexibility index (Phi) is 4.68. The molecule has 1 aromatic heterocycles. The molecule has 0 saturated heterocycles. The molecule has 0 spiro atoms. The highest BCUT2D eigenvalue weighted by Gasteiger charge is 2.37. The first-order valence-electron chi connectivity index (χ1n) is 10.0. The minimum Gasteiger partial charge on any atom is -0.497 e. The molecular weight excluding hydrogens is 404 g/mol. The summed E-state index contributed by atoms with van der Waals surface area (Å²) < 4.78 is 16.7. The van der Waals surface area contributed by atoms with Gasteiger partial charge in [0.25, 0.3) is 0 Å². The molecule has 0 bridgehead atoms. The lowest BCUT2D eigenvalue weighted by molar-refractivity contribution is 0.373. The molecule has 0 radical (unpaired) electrons. The number of nitrogens with zero attached hydrogens (tertiary/aromatic N) is 2. The Hall–Kier alpha value is -4.44. The molecule has 7 nitrogen and oxygen atoms in total. The van der Waals surface area contributed by atoms with Crippen molar-refractivity contribution < 1.29 is 14.2 Å². The Balaban J connectivity index is 1.79. The lowest BCUT2D eigenvalue weighted by Crippen LogP contribution is -2.21. The number of nitrogens with one attached hydrogen (secondary N) is 1. The summed E-state index contributed by atoms with van der Waals surface area (Å²) in [7, 11) is 3.17. The van der Waals surface area contributed by atoms with Gasteiger partial charge in [0.15, 0.2) is 0 Å². The highest BCUT2D eigenvalue weighted by Crippen LogP contribution is 2.49. The number of methoxy groups -OCH3 is 2. The van der Waals surface area contributed by atoms with Crippen molar-refractivity contribution in [2.45, 2.75) is 5.92 Å². The van der Waals surface area contributed by atoms with Gasteiger partial charge in [0.1, 0.15) is 23.1 Å². The number of H-pyrrole nitrogens is 1. The van der Waals surface area contributed by atoms with E-state index in [4.69, 9.17) is 19.9 Å². The molecule has 1 aliphatic rings. The smallest absolute Gasteiger partial charge is 0.244 e. The number of aromatic nitrogens is 2. The van der Waals surface area contributed by atoms with Crippen molar-refractivity contribution in [3.05, 3.63) is 83.2 Å². The van der Waals surface area contributed by atoms with Crippen LogP contribution in [0, 0.1) is 11.3 Å². The normalized spacial score (nSPS) is 15.1. The molecule has 3 aromatic carbocycles. The van der Waals surface area contributed by atoms with Gasteiger partial charge in [0, 0.05) is 17.2 Å². The van der Waals surface area contributed by atoms with Gasteiger partial charge in [-0.1, -0.05) is 48.5 Å². The van der Waals surface area contributed by atoms with Crippen LogP contribution in [-0.2, 0) is 0 Å². The number of hydrogen-bond acceptors (Lipinski definition) is 6. The minimum atomic E-state index is -0.530. The Morgan fingerprint density at radius 3 is 2.66 bits per heavy atom. The van der Waals surface area contributed by atoms with E-state index in [0.29, 0.717) is 23.0 Å². The summed E-state index contributed by atoms with van der Waals surface area (Å²) in [4.78, 5) is 0. The topological polar surface area (TPSA) is 106 Å². The average molecular weight is 424 g/mol. The van der Waals surface area contributed by atoms with E-state index in [1.54, 1.807) is 20.3 Å². The van der Waals surface area contributed by atoms with Crippen molar-refractivity contribution in [1.82, 2.24) is 10.2 Å². The fourth-order valence-electron chi connectivity index (χ4n) is 4.26. The van der Waals surface area contributed by atoms with Gasteiger partial charge in [0.05, 0.1) is 31.4 Å². The van der Waals surface area contributed by atoms with Crippen molar-refractivity contribution in [2.75, 3.05) is 14.2 Å². The van der Waals surface area contributed by atoms with Crippen LogP contribution in [-0.4, -0.2) is 24.4 Å². The van der Waals surface area contributed by atoms with Gasteiger partial charge in [-0.05, 0) is 16.8 Å². The fraction of sp³-hybridized carbons (Fsp3) is 0.120. The lowest BCUT2D eigenvalue weighted by atomic mass is 9.82. The summed E-state index contributed by atoms with van der Waals surface area (Å²) in [5.74, 6) is 1.06. The van der Waals surface area contributed by atoms with Crippen molar-refractivity contribution in [3.63, 3.8) is 0 Å². The Bertz CT molecular complexity index is 1410. The molecule has 5 rings (SSSR count). The zero-order valence-corrected chi connectivity index (χ0v) is 17.5. The van der Waals surface area contributed by atoms with Crippen LogP contribution in [0.3, 0.4) is 0 Å². The van der Waals surface area contributed by atoms with Crippen LogP contribution in [0.4, 0.5) is 0 Å². The highest BCUT2D eigenvalue weighted by atomic mass is 16.5. The number of aromatic amines is 1. The number of allylic oxidation sites excluding steroid dienone is 1. The molecule has 2 heterocycles. The standard InChI is InChI=1S/C25H20N4O3/c1-30-15-10-11-18(20(12-15)31-2)21-19(13-26)24(27)32-25-22(21)23(28-29-25)17-9-5-7-14-6-3-4-8-16(14)17/h3-12,21H,27H2,1-2H3,(H,28,29)/t21-/m0/s1. The minimum absolute atomic E-state index is 0.0267. The zero-order chi connectivity index (χ0) is 22.2. The summed E-state index contributed by atoms with van der Waals surface area (Å²) in [5, 5.41) is 19.6. The lowest BCUT2D eigenvalue weighted by Gasteiger charge is -2.25. The summed E-state index contributed by atoms with van der Waals surface area (Å²) >= 11 is 0. The van der Waals surface area contributed by atoms with Crippen LogP contribution in [0.25, 0.3) is 22.0 Å². The molecule has 3 N–H and O–H groups in total. The van der Waals surface area contributed by atoms with E-state index < -0.39 is 5.92 Å². The number of rotatable bonds is 4. The molecule has 158 valence electrons. The summed E-state index contributed by atoms with van der Waals surface area (Å²) in [5.41, 5.74) is 9.64. The van der Waals surface area contributed by atoms with E-state index >= 15 is 0 Å². The first-order valence-corrected chi connectivity index (χ1v) is 10.0. The van der Waals surface area contributed by atoms with Crippen molar-refractivity contribution in [2.24, 2.45) is 5.73 Å². The maximum Gasteiger partial charge on any atom is 0.244 e. The van der Waals surface area contributed by atoms with Crippen LogP contribution in [0.2, 0.25) is 0 Å².